The lowest BCUT2D eigenvalue weighted by Crippen LogP contribution is -2.57. The summed E-state index contributed by atoms with van der Waals surface area (Å²) in [5.41, 5.74) is 4.32. The quantitative estimate of drug-likeness (QED) is 0.449. The normalized spacial score (nSPS) is 21.5. The molecule has 1 saturated heterocycles. The molecule has 3 aromatic heterocycles. The summed E-state index contributed by atoms with van der Waals surface area (Å²) in [6.45, 7) is 5.68. The molecule has 4 aromatic rings. The van der Waals surface area contributed by atoms with Gasteiger partial charge in [-0.05, 0) is 45.3 Å². The largest absolute Gasteiger partial charge is 0.364 e. The van der Waals surface area contributed by atoms with Crippen LogP contribution in [0, 0.1) is 18.2 Å². The topological polar surface area (TPSA) is 95.9 Å². The molecule has 1 aliphatic heterocycles. The summed E-state index contributed by atoms with van der Waals surface area (Å²) in [5.74, 6) is 0. The van der Waals surface area contributed by atoms with Gasteiger partial charge in [0.1, 0.15) is 12.1 Å². The lowest BCUT2D eigenvalue weighted by Gasteiger charge is -2.47. The molecule has 0 amide bonds. The monoisotopic (exact) mass is 473 g/mol. The Balaban J connectivity index is 1.44. The Morgan fingerprint density at radius 1 is 1.23 bits per heavy atom. The van der Waals surface area contributed by atoms with Crippen LogP contribution < -0.4 is 10.5 Å². The molecular weight excluding hydrogens is 440 g/mol. The Kier molecular flexibility index (Phi) is 4.90. The Morgan fingerprint density at radius 2 is 2.06 bits per heavy atom. The minimum Gasteiger partial charge on any atom is -0.364 e. The first kappa shape index (κ1) is 19.5. The summed E-state index contributed by atoms with van der Waals surface area (Å²) in [5, 5.41) is 13.7. The highest BCUT2D eigenvalue weighted by Gasteiger charge is 2.34. The van der Waals surface area contributed by atoms with Crippen molar-refractivity contribution in [3.63, 3.8) is 0 Å². The molecule has 0 aliphatic carbocycles. The first-order chi connectivity index (χ1) is 18.0. The highest BCUT2D eigenvalue weighted by atomic mass is 16.1. The molecule has 5 rings (SSSR count). The summed E-state index contributed by atoms with van der Waals surface area (Å²) in [6, 6.07) is 9.87. The first-order valence-electron chi connectivity index (χ1n) is 13.2. The average Bonchev–Trinajstić information content (AvgIpc) is 3.30. The van der Waals surface area contributed by atoms with E-state index in [9.17, 15) is 4.79 Å². The number of piperazine rings is 1. The Labute approximate surface area is 208 Å². The lowest BCUT2D eigenvalue weighted by molar-refractivity contribution is 0.119. The standard InChI is InChI=1S/C26H30N8O/c1-16-12-28-21-7-6-20(10-22(21)29-16)19(4)33-13-18(3)34(14-17(33)2)23-11-25(35)31(5)24-15-32(9-8-27)30-26(23)24/h6-7,10-12,15,17-19H,9,13-14H2,1-5H3/t17-,18+,19?/m1/s1/i1D3. The van der Waals surface area contributed by atoms with Crippen LogP contribution >= 0.6 is 0 Å². The van der Waals surface area contributed by atoms with Crippen LogP contribution in [0.3, 0.4) is 0 Å². The Hall–Kier alpha value is -3.77. The highest BCUT2D eigenvalue weighted by molar-refractivity contribution is 5.88. The van der Waals surface area contributed by atoms with Gasteiger partial charge in [-0.25, -0.2) is 4.98 Å². The molecule has 180 valence electrons. The number of rotatable bonds is 4. The SMILES string of the molecule is [2H]C([2H])([2H])c1cnc2ccc(C(C)N3C[C@H](C)N(c4cc(=O)n(C)c5cn(CC#N)nc45)C[C@H]3C)cc2n1. The summed E-state index contributed by atoms with van der Waals surface area (Å²) < 4.78 is 26.1. The third-order valence-corrected chi connectivity index (χ3v) is 7.06. The number of nitrogens with zero attached hydrogens (tertiary/aromatic N) is 8. The fourth-order valence-corrected chi connectivity index (χ4v) is 5.12. The molecular formula is C26H30N8O. The van der Waals surface area contributed by atoms with E-state index in [-0.39, 0.29) is 35.9 Å². The van der Waals surface area contributed by atoms with E-state index in [1.54, 1.807) is 28.6 Å². The minimum atomic E-state index is -2.31. The molecule has 1 fully saturated rings. The predicted octanol–water partition coefficient (Wildman–Crippen LogP) is 3.17. The van der Waals surface area contributed by atoms with Crippen molar-refractivity contribution in [3.05, 3.63) is 58.3 Å². The second-order valence-electron chi connectivity index (χ2n) is 9.37. The lowest BCUT2D eigenvalue weighted by atomic mass is 9.99. The van der Waals surface area contributed by atoms with E-state index in [2.05, 4.69) is 51.7 Å². The molecule has 35 heavy (non-hydrogen) atoms. The molecule has 1 aliphatic rings. The fourth-order valence-electron chi connectivity index (χ4n) is 5.12. The van der Waals surface area contributed by atoms with Gasteiger partial charge in [-0.15, -0.1) is 0 Å². The van der Waals surface area contributed by atoms with Crippen molar-refractivity contribution in [1.82, 2.24) is 29.2 Å². The number of hydrogen-bond acceptors (Lipinski definition) is 7. The zero-order valence-electron chi connectivity index (χ0n) is 23.3. The van der Waals surface area contributed by atoms with Gasteiger partial charge in [0, 0.05) is 54.6 Å². The summed E-state index contributed by atoms with van der Waals surface area (Å²) in [7, 11) is 1.72. The van der Waals surface area contributed by atoms with Crippen molar-refractivity contribution in [3.8, 4) is 6.07 Å². The maximum absolute atomic E-state index is 12.8. The molecule has 0 N–H and O–H groups in total. The summed E-state index contributed by atoms with van der Waals surface area (Å²) in [4.78, 5) is 26.1. The molecule has 1 aromatic carbocycles. The Morgan fingerprint density at radius 3 is 2.83 bits per heavy atom. The van der Waals surface area contributed by atoms with Crippen molar-refractivity contribution in [2.24, 2.45) is 7.05 Å². The van der Waals surface area contributed by atoms with Gasteiger partial charge in [0.25, 0.3) is 5.56 Å². The molecule has 0 bridgehead atoms. The van der Waals surface area contributed by atoms with Gasteiger partial charge >= 0.3 is 0 Å². The predicted molar refractivity (Wildman–Crippen MR) is 136 cm³/mol. The van der Waals surface area contributed by atoms with Crippen LogP contribution in [0.4, 0.5) is 5.69 Å². The third-order valence-electron chi connectivity index (χ3n) is 7.06. The zero-order valence-corrected chi connectivity index (χ0v) is 20.3. The summed E-state index contributed by atoms with van der Waals surface area (Å²) >= 11 is 0. The molecule has 3 atom stereocenters. The number of nitriles is 1. The Bertz CT molecular complexity index is 1620. The van der Waals surface area contributed by atoms with Crippen molar-refractivity contribution >= 4 is 27.8 Å². The molecule has 4 heterocycles. The van der Waals surface area contributed by atoms with Crippen molar-refractivity contribution in [2.45, 2.75) is 52.3 Å². The van der Waals surface area contributed by atoms with Gasteiger partial charge < -0.3 is 9.47 Å². The van der Waals surface area contributed by atoms with Crippen LogP contribution in [0.25, 0.3) is 22.1 Å². The maximum Gasteiger partial charge on any atom is 0.252 e. The number of pyridine rings is 1. The molecule has 9 heteroatoms. The maximum atomic E-state index is 12.8. The fraction of sp³-hybridized carbons (Fsp3) is 0.423. The molecule has 0 radical (unpaired) electrons. The van der Waals surface area contributed by atoms with E-state index in [0.717, 1.165) is 17.8 Å². The first-order valence-corrected chi connectivity index (χ1v) is 11.7. The minimum absolute atomic E-state index is 0.0112. The van der Waals surface area contributed by atoms with Gasteiger partial charge in [0.2, 0.25) is 0 Å². The number of aryl methyl sites for hydroxylation is 2. The van der Waals surface area contributed by atoms with Gasteiger partial charge in [0.05, 0.1) is 40.2 Å². The van der Waals surface area contributed by atoms with Crippen LogP contribution in [-0.2, 0) is 13.6 Å². The average molecular weight is 474 g/mol. The number of hydrogen-bond donors (Lipinski definition) is 0. The zero-order chi connectivity index (χ0) is 27.4. The second kappa shape index (κ2) is 8.78. The van der Waals surface area contributed by atoms with Crippen LogP contribution in [0.15, 0.2) is 41.5 Å². The number of anilines is 1. The van der Waals surface area contributed by atoms with Crippen LogP contribution in [0.1, 0.15) is 42.2 Å². The molecule has 0 saturated carbocycles. The van der Waals surface area contributed by atoms with Crippen molar-refractivity contribution in [1.29, 1.82) is 5.26 Å². The van der Waals surface area contributed by atoms with E-state index >= 15 is 0 Å². The smallest absolute Gasteiger partial charge is 0.252 e. The molecule has 9 nitrogen and oxygen atoms in total. The van der Waals surface area contributed by atoms with E-state index in [0.29, 0.717) is 28.6 Å². The number of fused-ring (bicyclic) bond motifs is 2. The van der Waals surface area contributed by atoms with Gasteiger partial charge in [-0.3, -0.25) is 19.4 Å². The second-order valence-corrected chi connectivity index (χ2v) is 9.37. The van der Waals surface area contributed by atoms with Gasteiger partial charge in [0.15, 0.2) is 0 Å². The molecule has 0 spiro atoms. The van der Waals surface area contributed by atoms with Gasteiger partial charge in [-0.1, -0.05) is 6.07 Å². The van der Waals surface area contributed by atoms with Gasteiger partial charge in [-0.2, -0.15) is 10.4 Å². The van der Waals surface area contributed by atoms with Crippen LogP contribution in [0.5, 0.6) is 0 Å². The van der Waals surface area contributed by atoms with E-state index in [4.69, 9.17) is 9.37 Å². The van der Waals surface area contributed by atoms with E-state index in [1.165, 1.54) is 6.20 Å². The van der Waals surface area contributed by atoms with E-state index in [1.807, 2.05) is 18.2 Å². The van der Waals surface area contributed by atoms with Crippen molar-refractivity contribution in [2.75, 3.05) is 18.0 Å². The number of benzene rings is 1. The summed E-state index contributed by atoms with van der Waals surface area (Å²) in [6.07, 6.45) is 3.06. The van der Waals surface area contributed by atoms with Crippen LogP contribution in [0.2, 0.25) is 0 Å². The van der Waals surface area contributed by atoms with E-state index < -0.39 is 6.85 Å². The third kappa shape index (κ3) is 4.04. The van der Waals surface area contributed by atoms with Crippen LogP contribution in [-0.4, -0.2) is 54.4 Å². The highest BCUT2D eigenvalue weighted by Crippen LogP contribution is 2.33. The molecule has 1 unspecified atom stereocenters. The van der Waals surface area contributed by atoms with Crippen molar-refractivity contribution < 1.29 is 4.11 Å². The number of aromatic nitrogens is 5.